The van der Waals surface area contributed by atoms with Crippen molar-refractivity contribution in [1.29, 1.82) is 0 Å². The van der Waals surface area contributed by atoms with E-state index in [4.69, 9.17) is 17.3 Å². The molecule has 0 aliphatic heterocycles. The Hall–Kier alpha value is 0.0400. The Balaban J connectivity index is 2.85. The number of nitrogens with two attached hydrogens (primary N) is 1. The van der Waals surface area contributed by atoms with Crippen LogP contribution in [0.5, 0.6) is 0 Å². The van der Waals surface area contributed by atoms with Crippen molar-refractivity contribution in [3.63, 3.8) is 0 Å². The van der Waals surface area contributed by atoms with Gasteiger partial charge < -0.3 is 5.73 Å². The molecule has 0 aromatic heterocycles. The van der Waals surface area contributed by atoms with Gasteiger partial charge in [-0.3, -0.25) is 0 Å². The summed E-state index contributed by atoms with van der Waals surface area (Å²) >= 11 is 4.85. The third-order valence-corrected chi connectivity index (χ3v) is 2.47. The smallest absolute Gasteiger partial charge is 0.299 e. The molecule has 0 amide bonds. The molecule has 0 saturated heterocycles. The van der Waals surface area contributed by atoms with Crippen LogP contribution >= 0.6 is 11.6 Å². The maximum atomic E-state index is 12.7. The summed E-state index contributed by atoms with van der Waals surface area (Å²) in [6, 6.07) is 0. The van der Waals surface area contributed by atoms with Gasteiger partial charge in [-0.1, -0.05) is 11.6 Å². The Labute approximate surface area is 61.3 Å². The molecule has 0 radical (unpaired) electrons. The highest BCUT2D eigenvalue weighted by Gasteiger charge is 2.74. The molecule has 10 heavy (non-hydrogen) atoms. The van der Waals surface area contributed by atoms with Gasteiger partial charge in [0, 0.05) is 6.42 Å². The quantitative estimate of drug-likeness (QED) is 0.554. The molecule has 1 saturated carbocycles. The Kier molecular flexibility index (Phi) is 1.31. The van der Waals surface area contributed by atoms with Crippen molar-refractivity contribution in [1.82, 2.24) is 0 Å². The first kappa shape index (κ1) is 8.14. The minimum atomic E-state index is -3.47. The minimum absolute atomic E-state index is 0.694. The number of hydrogen-bond acceptors (Lipinski definition) is 1. The second-order valence-electron chi connectivity index (χ2n) is 2.87. The van der Waals surface area contributed by atoms with E-state index in [1.54, 1.807) is 0 Å². The van der Waals surface area contributed by atoms with Crippen molar-refractivity contribution in [3.05, 3.63) is 0 Å². The van der Waals surface area contributed by atoms with Gasteiger partial charge in [-0.25, -0.2) is 13.2 Å². The third-order valence-electron chi connectivity index (χ3n) is 1.77. The van der Waals surface area contributed by atoms with Gasteiger partial charge in [0.25, 0.3) is 11.1 Å². The van der Waals surface area contributed by atoms with E-state index in [1.807, 2.05) is 0 Å². The maximum absolute atomic E-state index is 12.7. The minimum Gasteiger partial charge on any atom is -0.321 e. The Morgan fingerprint density at radius 3 is 1.80 bits per heavy atom. The summed E-state index contributed by atoms with van der Waals surface area (Å²) in [5.41, 5.74) is 3.49. The highest BCUT2D eigenvalue weighted by Crippen LogP contribution is 2.57. The summed E-state index contributed by atoms with van der Waals surface area (Å²) in [4.78, 5) is 0. The van der Waals surface area contributed by atoms with Gasteiger partial charge >= 0.3 is 0 Å². The molecule has 1 fully saturated rings. The molecule has 0 aromatic carbocycles. The molecule has 1 nitrogen and oxygen atoms in total. The van der Waals surface area contributed by atoms with E-state index >= 15 is 0 Å². The lowest BCUT2D eigenvalue weighted by atomic mass is 9.73. The molecule has 5 heteroatoms. The summed E-state index contributed by atoms with van der Waals surface area (Å²) in [6.45, 7) is 1.16. The fourth-order valence-corrected chi connectivity index (χ4v) is 1.13. The number of rotatable bonds is 0. The molecule has 2 N–H and O–H groups in total. The van der Waals surface area contributed by atoms with Crippen LogP contribution in [-0.4, -0.2) is 16.6 Å². The van der Waals surface area contributed by atoms with E-state index in [1.165, 1.54) is 0 Å². The summed E-state index contributed by atoms with van der Waals surface area (Å²) in [7, 11) is 0. The zero-order valence-corrected chi connectivity index (χ0v) is 6.05. The first-order chi connectivity index (χ1) is 4.21. The van der Waals surface area contributed by atoms with Crippen molar-refractivity contribution >= 4 is 11.6 Å². The van der Waals surface area contributed by atoms with Crippen LogP contribution in [0.25, 0.3) is 0 Å². The average molecular weight is 174 g/mol. The SMILES string of the molecule is C[C@@]1(N)CC(F)(F)[C@]1(F)Cl. The molecule has 0 aromatic rings. The molecule has 0 bridgehead atoms. The average Bonchev–Trinajstić information content (AvgIpc) is 1.61. The van der Waals surface area contributed by atoms with E-state index < -0.39 is 23.0 Å². The second kappa shape index (κ2) is 1.61. The molecule has 1 aliphatic carbocycles. The van der Waals surface area contributed by atoms with Gasteiger partial charge in [0.15, 0.2) is 0 Å². The summed E-state index contributed by atoms with van der Waals surface area (Å²) in [6.07, 6.45) is -0.694. The van der Waals surface area contributed by atoms with Crippen LogP contribution in [0.4, 0.5) is 13.2 Å². The van der Waals surface area contributed by atoms with Crippen LogP contribution in [0.15, 0.2) is 0 Å². The number of halogens is 4. The van der Waals surface area contributed by atoms with Crippen molar-refractivity contribution in [3.8, 4) is 0 Å². The van der Waals surface area contributed by atoms with Crippen LogP contribution in [0.3, 0.4) is 0 Å². The molecule has 1 aliphatic rings. The standard InChI is InChI=1S/C5H7ClF3N/c1-3(10)2-4(7,8)5(3,6)9/h2,10H2,1H3/t3-,5+/m1/s1. The molecular formula is C5H7ClF3N. The lowest BCUT2D eigenvalue weighted by molar-refractivity contribution is -0.212. The Morgan fingerprint density at radius 1 is 1.40 bits per heavy atom. The van der Waals surface area contributed by atoms with Crippen molar-refractivity contribution in [2.75, 3.05) is 0 Å². The van der Waals surface area contributed by atoms with Crippen molar-refractivity contribution < 1.29 is 13.2 Å². The van der Waals surface area contributed by atoms with Crippen LogP contribution in [0, 0.1) is 0 Å². The monoisotopic (exact) mass is 173 g/mol. The Bertz CT molecular complexity index is 150. The predicted molar refractivity (Wildman–Crippen MR) is 31.8 cm³/mol. The van der Waals surface area contributed by atoms with Gasteiger partial charge in [-0.2, -0.15) is 0 Å². The van der Waals surface area contributed by atoms with Gasteiger partial charge in [0.2, 0.25) is 0 Å². The molecule has 1 rings (SSSR count). The molecular weight excluding hydrogens is 167 g/mol. The van der Waals surface area contributed by atoms with E-state index in [0.29, 0.717) is 0 Å². The van der Waals surface area contributed by atoms with Gasteiger partial charge in [-0.05, 0) is 6.92 Å². The number of hydrogen-bond donors (Lipinski definition) is 1. The van der Waals surface area contributed by atoms with E-state index in [0.717, 1.165) is 6.92 Å². The molecule has 0 spiro atoms. The van der Waals surface area contributed by atoms with Crippen molar-refractivity contribution in [2.24, 2.45) is 5.73 Å². The fraction of sp³-hybridized carbons (Fsp3) is 1.00. The van der Waals surface area contributed by atoms with Crippen LogP contribution in [0.1, 0.15) is 13.3 Å². The van der Waals surface area contributed by atoms with Crippen LogP contribution in [-0.2, 0) is 0 Å². The van der Waals surface area contributed by atoms with Gasteiger partial charge in [-0.15, -0.1) is 0 Å². The second-order valence-corrected chi connectivity index (χ2v) is 3.39. The predicted octanol–water partition coefficient (Wildman–Crippen LogP) is 1.65. The summed E-state index contributed by atoms with van der Waals surface area (Å²) in [5.74, 6) is -3.47. The largest absolute Gasteiger partial charge is 0.321 e. The van der Waals surface area contributed by atoms with E-state index in [2.05, 4.69) is 0 Å². The summed E-state index contributed by atoms with van der Waals surface area (Å²) < 4.78 is 37.1. The van der Waals surface area contributed by atoms with Gasteiger partial charge in [0.1, 0.15) is 0 Å². The van der Waals surface area contributed by atoms with E-state index in [9.17, 15) is 13.2 Å². The molecule has 0 unspecified atom stereocenters. The zero-order chi connectivity index (χ0) is 8.21. The van der Waals surface area contributed by atoms with Gasteiger partial charge in [0.05, 0.1) is 5.54 Å². The highest BCUT2D eigenvalue weighted by molar-refractivity contribution is 6.25. The highest BCUT2D eigenvalue weighted by atomic mass is 35.5. The summed E-state index contributed by atoms with van der Waals surface area (Å²) in [5, 5.41) is -3.07. The lowest BCUT2D eigenvalue weighted by Crippen LogP contribution is -2.73. The van der Waals surface area contributed by atoms with Crippen LogP contribution in [0.2, 0.25) is 0 Å². The fourth-order valence-electron chi connectivity index (χ4n) is 0.994. The Morgan fingerprint density at radius 2 is 1.80 bits per heavy atom. The maximum Gasteiger partial charge on any atom is 0.299 e. The topological polar surface area (TPSA) is 26.0 Å². The molecule has 0 heterocycles. The first-order valence-corrected chi connectivity index (χ1v) is 3.13. The number of alkyl halides is 4. The van der Waals surface area contributed by atoms with Crippen LogP contribution < -0.4 is 5.73 Å². The normalized spacial score (nSPS) is 52.2. The molecule has 60 valence electrons. The molecule has 2 atom stereocenters. The van der Waals surface area contributed by atoms with Crippen molar-refractivity contribution in [2.45, 2.75) is 29.9 Å². The van der Waals surface area contributed by atoms with E-state index in [-0.39, 0.29) is 0 Å². The third kappa shape index (κ3) is 0.689. The zero-order valence-electron chi connectivity index (χ0n) is 5.30. The lowest BCUT2D eigenvalue weighted by Gasteiger charge is -2.51. The first-order valence-electron chi connectivity index (χ1n) is 2.75.